The van der Waals surface area contributed by atoms with Crippen LogP contribution in [-0.4, -0.2) is 13.7 Å². The summed E-state index contributed by atoms with van der Waals surface area (Å²) in [6.45, 7) is 0. The van der Waals surface area contributed by atoms with Crippen molar-refractivity contribution in [2.75, 3.05) is 0 Å². The Morgan fingerprint density at radius 2 is 0.597 bits per heavy atom. The van der Waals surface area contributed by atoms with Crippen LogP contribution < -0.4 is 0 Å². The highest BCUT2D eigenvalue weighted by molar-refractivity contribution is 6.22. The van der Waals surface area contributed by atoms with Crippen LogP contribution in [0.15, 0.2) is 231 Å². The molecular formula is C63H38N4. The molecule has 4 heteroatoms. The van der Waals surface area contributed by atoms with Crippen molar-refractivity contribution in [3.63, 3.8) is 0 Å². The van der Waals surface area contributed by atoms with E-state index in [1.54, 1.807) is 0 Å². The Morgan fingerprint density at radius 1 is 0.269 bits per heavy atom. The van der Waals surface area contributed by atoms with E-state index in [1.165, 1.54) is 0 Å². The molecule has 0 aliphatic rings. The molecule has 0 aliphatic carbocycles. The van der Waals surface area contributed by atoms with Crippen LogP contribution in [0.2, 0.25) is 0 Å². The van der Waals surface area contributed by atoms with Crippen molar-refractivity contribution in [3.8, 4) is 45.4 Å². The molecule has 0 saturated carbocycles. The van der Waals surface area contributed by atoms with Crippen molar-refractivity contribution in [1.82, 2.24) is 13.7 Å². The second-order valence-corrected chi connectivity index (χ2v) is 17.5. The third-order valence-corrected chi connectivity index (χ3v) is 14.0. The molecule has 0 spiro atoms. The number of rotatable bonds is 5. The normalized spacial score (nSPS) is 11.9. The lowest BCUT2D eigenvalue weighted by Gasteiger charge is -2.29. The molecule has 0 aliphatic heterocycles. The quantitative estimate of drug-likeness (QED) is 0.170. The Balaban J connectivity index is 1.38. The lowest BCUT2D eigenvalue weighted by atomic mass is 9.87. The van der Waals surface area contributed by atoms with E-state index >= 15 is 0 Å². The van der Waals surface area contributed by atoms with Crippen LogP contribution in [0.3, 0.4) is 0 Å². The first-order valence-corrected chi connectivity index (χ1v) is 22.8. The fourth-order valence-electron chi connectivity index (χ4n) is 11.3. The summed E-state index contributed by atoms with van der Waals surface area (Å²) < 4.78 is 7.51. The first-order chi connectivity index (χ1) is 33.3. The van der Waals surface area contributed by atoms with Crippen molar-refractivity contribution in [2.24, 2.45) is 0 Å². The van der Waals surface area contributed by atoms with E-state index in [4.69, 9.17) is 0 Å². The van der Waals surface area contributed by atoms with Gasteiger partial charge in [0.15, 0.2) is 0 Å². The van der Waals surface area contributed by atoms with Crippen LogP contribution in [0.25, 0.3) is 126 Å². The van der Waals surface area contributed by atoms with E-state index in [1.807, 2.05) is 0 Å². The second kappa shape index (κ2) is 14.4. The molecule has 67 heavy (non-hydrogen) atoms. The molecular weight excluding hydrogens is 813 g/mol. The lowest BCUT2D eigenvalue weighted by Crippen LogP contribution is -2.14. The highest BCUT2D eigenvalue weighted by Gasteiger charge is 2.34. The minimum absolute atomic E-state index is 0.601. The van der Waals surface area contributed by atoms with E-state index < -0.39 is 0 Å². The van der Waals surface area contributed by atoms with Crippen LogP contribution in [0.4, 0.5) is 0 Å². The molecule has 0 N–H and O–H groups in total. The number of hydrogen-bond donors (Lipinski definition) is 0. The van der Waals surface area contributed by atoms with Crippen LogP contribution in [0.5, 0.6) is 0 Å². The molecule has 4 nitrogen and oxygen atoms in total. The highest BCUT2D eigenvalue weighted by Crippen LogP contribution is 2.52. The van der Waals surface area contributed by atoms with E-state index in [-0.39, 0.29) is 0 Å². The van der Waals surface area contributed by atoms with Gasteiger partial charge in [-0.15, -0.1) is 0 Å². The van der Waals surface area contributed by atoms with Crippen molar-refractivity contribution in [1.29, 1.82) is 5.26 Å². The van der Waals surface area contributed by atoms with Crippen LogP contribution >= 0.6 is 0 Å². The third-order valence-electron chi connectivity index (χ3n) is 14.0. The lowest BCUT2D eigenvalue weighted by molar-refractivity contribution is 1.05. The van der Waals surface area contributed by atoms with Crippen molar-refractivity contribution < 1.29 is 0 Å². The number of aromatic nitrogens is 3. The summed E-state index contributed by atoms with van der Waals surface area (Å²) in [5, 5.41) is 23.7. The Bertz CT molecular complexity index is 4120. The summed E-state index contributed by atoms with van der Waals surface area (Å²) in [6, 6.07) is 85.8. The van der Waals surface area contributed by atoms with Gasteiger partial charge in [0.25, 0.3) is 0 Å². The average Bonchev–Trinajstić information content (AvgIpc) is 4.04. The van der Waals surface area contributed by atoms with Crippen molar-refractivity contribution in [2.45, 2.75) is 0 Å². The zero-order chi connectivity index (χ0) is 44.2. The van der Waals surface area contributed by atoms with Gasteiger partial charge in [-0.25, -0.2) is 0 Å². The van der Waals surface area contributed by atoms with Gasteiger partial charge in [0, 0.05) is 54.2 Å². The Hall–Kier alpha value is -9.17. The molecule has 0 fully saturated rings. The van der Waals surface area contributed by atoms with E-state index in [0.29, 0.717) is 5.56 Å². The molecule has 310 valence electrons. The topological polar surface area (TPSA) is 38.6 Å². The largest absolute Gasteiger partial charge is 0.306 e. The van der Waals surface area contributed by atoms with Crippen molar-refractivity contribution >= 4 is 87.0 Å². The monoisotopic (exact) mass is 850 g/mol. The van der Waals surface area contributed by atoms with Crippen molar-refractivity contribution in [3.05, 3.63) is 236 Å². The number of para-hydroxylation sites is 4. The first kappa shape index (κ1) is 37.2. The summed E-state index contributed by atoms with van der Waals surface area (Å²) in [5.41, 5.74) is 13.5. The Morgan fingerprint density at radius 3 is 1.00 bits per heavy atom. The van der Waals surface area contributed by atoms with Crippen LogP contribution in [-0.2, 0) is 0 Å². The van der Waals surface area contributed by atoms with Crippen LogP contribution in [0.1, 0.15) is 5.56 Å². The zero-order valence-electron chi connectivity index (χ0n) is 36.2. The maximum Gasteiger partial charge on any atom is 0.101 e. The molecule has 0 amide bonds. The molecule has 3 aromatic heterocycles. The van der Waals surface area contributed by atoms with Gasteiger partial charge < -0.3 is 13.7 Å². The zero-order valence-corrected chi connectivity index (χ0v) is 36.2. The molecule has 3 heterocycles. The summed E-state index contributed by atoms with van der Waals surface area (Å²) in [5.74, 6) is 0. The number of fused-ring (bicyclic) bond motifs is 13. The molecule has 0 saturated heterocycles. The second-order valence-electron chi connectivity index (χ2n) is 17.5. The minimum atomic E-state index is 0.601. The molecule has 14 rings (SSSR count). The fraction of sp³-hybridized carbons (Fsp3) is 0. The maximum absolute atomic E-state index is 12.3. The standard InChI is InChI=1S/C63H38N4/c64-39-52-57(42-21-3-1-4-22-42)61(66-55-33-17-13-29-48(55)50-37-35-40-19-7-9-25-44(40)59(50)66)63(65-53-31-15-11-27-46(53)47-28-12-16-32-54(47)65)62(58(52)43-23-5-2-6-24-43)67-56-34-18-14-30-49(56)51-38-36-41-20-8-10-26-45(41)60(51)67/h1-38H. The molecule has 0 bridgehead atoms. The van der Waals surface area contributed by atoms with E-state index in [9.17, 15) is 5.26 Å². The summed E-state index contributed by atoms with van der Waals surface area (Å²) in [6.07, 6.45) is 0. The average molecular weight is 851 g/mol. The summed E-state index contributed by atoms with van der Waals surface area (Å²) in [4.78, 5) is 0. The summed E-state index contributed by atoms with van der Waals surface area (Å²) >= 11 is 0. The molecule has 0 atom stereocenters. The first-order valence-electron chi connectivity index (χ1n) is 22.8. The van der Waals surface area contributed by atoms with E-state index in [0.717, 1.165) is 126 Å². The smallest absolute Gasteiger partial charge is 0.101 e. The van der Waals surface area contributed by atoms with E-state index in [2.05, 4.69) is 250 Å². The SMILES string of the molecule is N#Cc1c(-c2ccccc2)c(-n2c3ccccc3c3ccc4ccccc4c32)c(-n2c3ccccc3c3ccccc32)c(-n2c3ccccc3c3ccc4ccccc4c32)c1-c1ccccc1. The Kier molecular flexibility index (Phi) is 8.01. The number of hydrogen-bond acceptors (Lipinski definition) is 1. The minimum Gasteiger partial charge on any atom is -0.306 e. The molecule has 0 radical (unpaired) electrons. The molecule has 14 aromatic rings. The van der Waals surface area contributed by atoms with Crippen LogP contribution in [0, 0.1) is 11.3 Å². The number of nitriles is 1. The van der Waals surface area contributed by atoms with Gasteiger partial charge in [-0.05, 0) is 46.2 Å². The van der Waals surface area contributed by atoms with Gasteiger partial charge in [-0.3, -0.25) is 0 Å². The van der Waals surface area contributed by atoms with Gasteiger partial charge in [0.1, 0.15) is 6.07 Å². The van der Waals surface area contributed by atoms with Gasteiger partial charge in [0.2, 0.25) is 0 Å². The van der Waals surface area contributed by atoms with Gasteiger partial charge in [0.05, 0.1) is 55.7 Å². The number of benzene rings is 11. The maximum atomic E-state index is 12.3. The molecule has 0 unspecified atom stereocenters. The van der Waals surface area contributed by atoms with Gasteiger partial charge in [-0.1, -0.05) is 206 Å². The van der Waals surface area contributed by atoms with Gasteiger partial charge >= 0.3 is 0 Å². The predicted octanol–water partition coefficient (Wildman–Crippen LogP) is 16.5. The third kappa shape index (κ3) is 5.22. The predicted molar refractivity (Wildman–Crippen MR) is 280 cm³/mol. The van der Waals surface area contributed by atoms with Gasteiger partial charge in [-0.2, -0.15) is 5.26 Å². The molecule has 11 aromatic carbocycles. The summed E-state index contributed by atoms with van der Waals surface area (Å²) in [7, 11) is 0. The number of nitrogens with zero attached hydrogens (tertiary/aromatic N) is 4. The Labute approximate surface area is 385 Å². The highest BCUT2D eigenvalue weighted by atomic mass is 15.1. The fourth-order valence-corrected chi connectivity index (χ4v) is 11.3.